The first-order chi connectivity index (χ1) is 10.2. The molecule has 1 aliphatic rings. The Hall–Kier alpha value is -1.62. The highest BCUT2D eigenvalue weighted by molar-refractivity contribution is 5.76. The van der Waals surface area contributed by atoms with Crippen LogP contribution >= 0.6 is 0 Å². The molecule has 0 aromatic carbocycles. The van der Waals surface area contributed by atoms with Crippen LogP contribution in [0.2, 0.25) is 0 Å². The van der Waals surface area contributed by atoms with Crippen LogP contribution in [-0.2, 0) is 17.8 Å². The van der Waals surface area contributed by atoms with Gasteiger partial charge in [-0.2, -0.15) is 0 Å². The molecule has 0 aliphatic carbocycles. The molecule has 0 unspecified atom stereocenters. The molecule has 2 rings (SSSR count). The minimum Gasteiger partial charge on any atom is -0.340 e. The maximum Gasteiger partial charge on any atom is 0.222 e. The molecule has 0 spiro atoms. The van der Waals surface area contributed by atoms with Crippen LogP contribution in [0.5, 0.6) is 0 Å². The molecule has 1 saturated heterocycles. The standard InChI is InChI=1S/C16H26N4O/c1-3-5-6-16(21)20-13-10-18(11-14-20)9-12-19-8-7-17-15(19)4-2/h3,7-8H,1,4-6,9-14H2,2H3. The number of hydrogen-bond donors (Lipinski definition) is 0. The van der Waals surface area contributed by atoms with E-state index in [9.17, 15) is 4.79 Å². The van der Waals surface area contributed by atoms with Gasteiger partial charge in [0.25, 0.3) is 0 Å². The summed E-state index contributed by atoms with van der Waals surface area (Å²) in [7, 11) is 0. The average molecular weight is 290 g/mol. The normalized spacial score (nSPS) is 16.1. The van der Waals surface area contributed by atoms with Crippen LogP contribution in [-0.4, -0.2) is 58.0 Å². The van der Waals surface area contributed by atoms with Crippen molar-refractivity contribution >= 4 is 5.91 Å². The van der Waals surface area contributed by atoms with Crippen molar-refractivity contribution in [1.82, 2.24) is 19.4 Å². The number of amides is 1. The first kappa shape index (κ1) is 15.8. The Morgan fingerprint density at radius 2 is 2.10 bits per heavy atom. The van der Waals surface area contributed by atoms with Crippen LogP contribution < -0.4 is 0 Å². The van der Waals surface area contributed by atoms with E-state index in [2.05, 4.69) is 28.0 Å². The van der Waals surface area contributed by atoms with E-state index in [1.807, 2.05) is 23.4 Å². The zero-order valence-electron chi connectivity index (χ0n) is 13.0. The summed E-state index contributed by atoms with van der Waals surface area (Å²) in [5.41, 5.74) is 0. The van der Waals surface area contributed by atoms with Gasteiger partial charge in [0, 0.05) is 64.5 Å². The van der Waals surface area contributed by atoms with Gasteiger partial charge < -0.3 is 9.47 Å². The zero-order valence-corrected chi connectivity index (χ0v) is 13.0. The minimum absolute atomic E-state index is 0.262. The largest absolute Gasteiger partial charge is 0.340 e. The number of rotatable bonds is 7. The predicted molar refractivity (Wildman–Crippen MR) is 84.1 cm³/mol. The topological polar surface area (TPSA) is 41.4 Å². The molecule has 5 nitrogen and oxygen atoms in total. The van der Waals surface area contributed by atoms with E-state index in [1.54, 1.807) is 0 Å². The summed E-state index contributed by atoms with van der Waals surface area (Å²) in [6.45, 7) is 11.4. The second kappa shape index (κ2) is 7.98. The Labute approximate surface area is 127 Å². The van der Waals surface area contributed by atoms with Crippen molar-refractivity contribution in [2.75, 3.05) is 32.7 Å². The number of carbonyl (C=O) groups excluding carboxylic acids is 1. The maximum atomic E-state index is 11.9. The molecule has 1 aromatic heterocycles. The van der Waals surface area contributed by atoms with Gasteiger partial charge in [0.05, 0.1) is 0 Å². The van der Waals surface area contributed by atoms with E-state index in [0.717, 1.165) is 57.9 Å². The quantitative estimate of drug-likeness (QED) is 0.716. The Kier molecular flexibility index (Phi) is 5.99. The van der Waals surface area contributed by atoms with Gasteiger partial charge >= 0.3 is 0 Å². The van der Waals surface area contributed by atoms with Gasteiger partial charge in [-0.15, -0.1) is 6.58 Å². The number of imidazole rings is 1. The average Bonchev–Trinajstić information content (AvgIpc) is 2.98. The number of allylic oxidation sites excluding steroid dienone is 1. The third-order valence-corrected chi connectivity index (χ3v) is 4.06. The summed E-state index contributed by atoms with van der Waals surface area (Å²) in [5, 5.41) is 0. The van der Waals surface area contributed by atoms with Crippen LogP contribution in [0.3, 0.4) is 0 Å². The molecule has 0 radical (unpaired) electrons. The van der Waals surface area contributed by atoms with E-state index in [1.165, 1.54) is 0 Å². The van der Waals surface area contributed by atoms with Crippen molar-refractivity contribution in [2.24, 2.45) is 0 Å². The van der Waals surface area contributed by atoms with E-state index in [-0.39, 0.29) is 5.91 Å². The van der Waals surface area contributed by atoms with Crippen molar-refractivity contribution in [1.29, 1.82) is 0 Å². The van der Waals surface area contributed by atoms with Crippen molar-refractivity contribution in [3.8, 4) is 0 Å². The number of nitrogens with zero attached hydrogens (tertiary/aromatic N) is 4. The molecule has 1 fully saturated rings. The fourth-order valence-corrected chi connectivity index (χ4v) is 2.71. The molecular weight excluding hydrogens is 264 g/mol. The van der Waals surface area contributed by atoms with Crippen LogP contribution in [0, 0.1) is 0 Å². The van der Waals surface area contributed by atoms with E-state index in [0.29, 0.717) is 6.42 Å². The molecule has 0 N–H and O–H groups in total. The van der Waals surface area contributed by atoms with Gasteiger partial charge in [-0.3, -0.25) is 9.69 Å². The van der Waals surface area contributed by atoms with Crippen molar-refractivity contribution in [2.45, 2.75) is 32.7 Å². The zero-order chi connectivity index (χ0) is 15.1. The lowest BCUT2D eigenvalue weighted by Gasteiger charge is -2.34. The summed E-state index contributed by atoms with van der Waals surface area (Å²) in [6, 6.07) is 0. The SMILES string of the molecule is C=CCCC(=O)N1CCN(CCn2ccnc2CC)CC1. The molecule has 1 aliphatic heterocycles. The molecular formula is C16H26N4O. The van der Waals surface area contributed by atoms with Gasteiger partial charge in [-0.05, 0) is 6.42 Å². The van der Waals surface area contributed by atoms with Crippen LogP contribution in [0.1, 0.15) is 25.6 Å². The Bertz CT molecular complexity index is 461. The first-order valence-electron chi connectivity index (χ1n) is 7.85. The number of hydrogen-bond acceptors (Lipinski definition) is 3. The Morgan fingerprint density at radius 1 is 1.33 bits per heavy atom. The Balaban J connectivity index is 1.72. The lowest BCUT2D eigenvalue weighted by Crippen LogP contribution is -2.49. The molecule has 21 heavy (non-hydrogen) atoms. The minimum atomic E-state index is 0.262. The Morgan fingerprint density at radius 3 is 2.76 bits per heavy atom. The molecule has 0 atom stereocenters. The molecule has 0 saturated carbocycles. The van der Waals surface area contributed by atoms with Gasteiger partial charge in [-0.25, -0.2) is 4.98 Å². The van der Waals surface area contributed by atoms with Crippen LogP contribution in [0.4, 0.5) is 0 Å². The summed E-state index contributed by atoms with van der Waals surface area (Å²) in [5.74, 6) is 1.41. The van der Waals surface area contributed by atoms with E-state index < -0.39 is 0 Å². The van der Waals surface area contributed by atoms with E-state index in [4.69, 9.17) is 0 Å². The number of aryl methyl sites for hydroxylation is 1. The van der Waals surface area contributed by atoms with Gasteiger partial charge in [0.1, 0.15) is 5.82 Å². The second-order valence-corrected chi connectivity index (χ2v) is 5.44. The number of piperazine rings is 1. The smallest absolute Gasteiger partial charge is 0.222 e. The molecule has 116 valence electrons. The fraction of sp³-hybridized carbons (Fsp3) is 0.625. The van der Waals surface area contributed by atoms with Gasteiger partial charge in [0.15, 0.2) is 0 Å². The second-order valence-electron chi connectivity index (χ2n) is 5.44. The van der Waals surface area contributed by atoms with Crippen molar-refractivity contribution in [3.05, 3.63) is 30.9 Å². The lowest BCUT2D eigenvalue weighted by molar-refractivity contribution is -0.132. The molecule has 5 heteroatoms. The van der Waals surface area contributed by atoms with Gasteiger partial charge in [0.2, 0.25) is 5.91 Å². The monoisotopic (exact) mass is 290 g/mol. The first-order valence-corrected chi connectivity index (χ1v) is 7.85. The van der Waals surface area contributed by atoms with Gasteiger partial charge in [-0.1, -0.05) is 13.0 Å². The highest BCUT2D eigenvalue weighted by atomic mass is 16.2. The third-order valence-electron chi connectivity index (χ3n) is 4.06. The van der Waals surface area contributed by atoms with Crippen molar-refractivity contribution in [3.63, 3.8) is 0 Å². The maximum absolute atomic E-state index is 11.9. The van der Waals surface area contributed by atoms with E-state index >= 15 is 0 Å². The fourth-order valence-electron chi connectivity index (χ4n) is 2.71. The summed E-state index contributed by atoms with van der Waals surface area (Å²) in [4.78, 5) is 20.7. The number of carbonyl (C=O) groups is 1. The predicted octanol–water partition coefficient (Wildman–Crippen LogP) is 1.56. The highest BCUT2D eigenvalue weighted by Gasteiger charge is 2.20. The molecule has 1 amide bonds. The van der Waals surface area contributed by atoms with Crippen molar-refractivity contribution < 1.29 is 4.79 Å². The summed E-state index contributed by atoms with van der Waals surface area (Å²) in [6.07, 6.45) is 8.07. The molecule has 2 heterocycles. The summed E-state index contributed by atoms with van der Waals surface area (Å²) < 4.78 is 2.22. The lowest BCUT2D eigenvalue weighted by atomic mass is 10.2. The molecule has 1 aromatic rings. The number of aromatic nitrogens is 2. The highest BCUT2D eigenvalue weighted by Crippen LogP contribution is 2.06. The summed E-state index contributed by atoms with van der Waals surface area (Å²) >= 11 is 0. The molecule has 0 bridgehead atoms. The van der Waals surface area contributed by atoms with Crippen LogP contribution in [0.15, 0.2) is 25.0 Å². The third kappa shape index (κ3) is 4.43. The van der Waals surface area contributed by atoms with Crippen LogP contribution in [0.25, 0.3) is 0 Å².